The van der Waals surface area contributed by atoms with Crippen molar-refractivity contribution < 1.29 is 4.42 Å². The lowest BCUT2D eigenvalue weighted by molar-refractivity contribution is 0.483. The Hall–Kier alpha value is -2.10. The third-order valence-corrected chi connectivity index (χ3v) is 3.14. The van der Waals surface area contributed by atoms with Gasteiger partial charge in [-0.15, -0.1) is 0 Å². The van der Waals surface area contributed by atoms with E-state index in [4.69, 9.17) is 4.42 Å². The lowest BCUT2D eigenvalue weighted by atomic mass is 10.1. The van der Waals surface area contributed by atoms with Crippen LogP contribution in [0.25, 0.3) is 22.0 Å². The molecule has 1 aromatic carbocycles. The molecule has 2 aromatic heterocycles. The normalized spacial score (nSPS) is 11.8. The molecule has 92 valence electrons. The largest absolute Gasteiger partial charge is 0.424 e. The molecule has 18 heavy (non-hydrogen) atoms. The molecular formula is C14H14N2O2. The SMILES string of the molecule is CC(C)c1nc2c3ccccc3c(=O)n(C)c2o1. The van der Waals surface area contributed by atoms with Crippen molar-refractivity contribution in [3.05, 3.63) is 40.5 Å². The molecule has 0 saturated carbocycles. The molecule has 0 fully saturated rings. The molecule has 0 unspecified atom stereocenters. The smallest absolute Gasteiger partial charge is 0.261 e. The summed E-state index contributed by atoms with van der Waals surface area (Å²) in [6.07, 6.45) is 0. The summed E-state index contributed by atoms with van der Waals surface area (Å²) in [4.78, 5) is 16.7. The molecule has 4 heteroatoms. The molecule has 0 spiro atoms. The van der Waals surface area contributed by atoms with E-state index >= 15 is 0 Å². The summed E-state index contributed by atoms with van der Waals surface area (Å²) in [5.41, 5.74) is 1.25. The number of rotatable bonds is 1. The molecule has 2 heterocycles. The molecule has 4 nitrogen and oxygen atoms in total. The van der Waals surface area contributed by atoms with E-state index in [-0.39, 0.29) is 11.5 Å². The highest BCUT2D eigenvalue weighted by Gasteiger charge is 2.16. The van der Waals surface area contributed by atoms with Gasteiger partial charge in [-0.2, -0.15) is 0 Å². The molecule has 0 amide bonds. The standard InChI is InChI=1S/C14H14N2O2/c1-8(2)12-15-11-9-6-4-5-7-10(9)13(17)16(3)14(11)18-12/h4-8H,1-3H3. The lowest BCUT2D eigenvalue weighted by Gasteiger charge is -2.01. The van der Waals surface area contributed by atoms with Crippen molar-refractivity contribution in [2.24, 2.45) is 7.05 Å². The lowest BCUT2D eigenvalue weighted by Crippen LogP contribution is -2.16. The minimum Gasteiger partial charge on any atom is -0.424 e. The van der Waals surface area contributed by atoms with Crippen LogP contribution < -0.4 is 5.56 Å². The number of fused-ring (bicyclic) bond motifs is 3. The van der Waals surface area contributed by atoms with Gasteiger partial charge in [-0.25, -0.2) is 4.98 Å². The van der Waals surface area contributed by atoms with Crippen molar-refractivity contribution in [1.29, 1.82) is 0 Å². The summed E-state index contributed by atoms with van der Waals surface area (Å²) in [5, 5.41) is 1.53. The van der Waals surface area contributed by atoms with E-state index < -0.39 is 0 Å². The zero-order valence-electron chi connectivity index (χ0n) is 10.6. The summed E-state index contributed by atoms with van der Waals surface area (Å²) < 4.78 is 7.23. The monoisotopic (exact) mass is 242 g/mol. The molecular weight excluding hydrogens is 228 g/mol. The van der Waals surface area contributed by atoms with Crippen LogP contribution in [0.3, 0.4) is 0 Å². The summed E-state index contributed by atoms with van der Waals surface area (Å²) in [6.45, 7) is 4.04. The van der Waals surface area contributed by atoms with E-state index in [9.17, 15) is 4.79 Å². The predicted molar refractivity (Wildman–Crippen MR) is 70.8 cm³/mol. The second kappa shape index (κ2) is 3.70. The maximum absolute atomic E-state index is 12.2. The van der Waals surface area contributed by atoms with Crippen LogP contribution in [0.15, 0.2) is 33.5 Å². The van der Waals surface area contributed by atoms with Gasteiger partial charge in [-0.1, -0.05) is 32.0 Å². The zero-order chi connectivity index (χ0) is 12.9. The first-order valence-corrected chi connectivity index (χ1v) is 5.97. The molecule has 0 saturated heterocycles. The fourth-order valence-corrected chi connectivity index (χ4v) is 2.13. The molecule has 3 aromatic rings. The van der Waals surface area contributed by atoms with Gasteiger partial charge in [0.05, 0.1) is 0 Å². The number of nitrogens with zero attached hydrogens (tertiary/aromatic N) is 2. The minimum absolute atomic E-state index is 0.0513. The fraction of sp³-hybridized carbons (Fsp3) is 0.286. The van der Waals surface area contributed by atoms with Crippen LogP contribution >= 0.6 is 0 Å². The van der Waals surface area contributed by atoms with Crippen molar-refractivity contribution in [2.45, 2.75) is 19.8 Å². The van der Waals surface area contributed by atoms with E-state index in [0.717, 1.165) is 10.9 Å². The molecule has 0 aliphatic rings. The highest BCUT2D eigenvalue weighted by Crippen LogP contribution is 2.25. The van der Waals surface area contributed by atoms with Crippen LogP contribution in [-0.4, -0.2) is 9.55 Å². The maximum Gasteiger partial charge on any atom is 0.261 e. The molecule has 0 atom stereocenters. The van der Waals surface area contributed by atoms with Crippen LogP contribution in [-0.2, 0) is 7.05 Å². The first kappa shape index (κ1) is 11.0. The van der Waals surface area contributed by atoms with Gasteiger partial charge < -0.3 is 4.42 Å². The van der Waals surface area contributed by atoms with Gasteiger partial charge >= 0.3 is 0 Å². The summed E-state index contributed by atoms with van der Waals surface area (Å²) >= 11 is 0. The summed E-state index contributed by atoms with van der Waals surface area (Å²) in [5.74, 6) is 0.864. The van der Waals surface area contributed by atoms with Crippen LogP contribution in [0.2, 0.25) is 0 Å². The Balaban J connectivity index is 2.57. The van der Waals surface area contributed by atoms with Crippen LogP contribution in [0.5, 0.6) is 0 Å². The second-order valence-corrected chi connectivity index (χ2v) is 4.77. The highest BCUT2D eigenvalue weighted by molar-refractivity contribution is 6.01. The van der Waals surface area contributed by atoms with E-state index in [1.807, 2.05) is 38.1 Å². The molecule has 0 aliphatic heterocycles. The summed E-state index contributed by atoms with van der Waals surface area (Å²) in [7, 11) is 1.71. The fourth-order valence-electron chi connectivity index (χ4n) is 2.13. The van der Waals surface area contributed by atoms with Crippen molar-refractivity contribution in [3.8, 4) is 0 Å². The Bertz CT molecular complexity index is 797. The third-order valence-electron chi connectivity index (χ3n) is 3.14. The maximum atomic E-state index is 12.2. The van der Waals surface area contributed by atoms with E-state index in [2.05, 4.69) is 4.98 Å². The Morgan fingerprint density at radius 2 is 1.89 bits per heavy atom. The van der Waals surface area contributed by atoms with Crippen LogP contribution in [0.1, 0.15) is 25.7 Å². The number of oxazole rings is 1. The van der Waals surface area contributed by atoms with Crippen LogP contribution in [0, 0.1) is 0 Å². The number of aromatic nitrogens is 2. The van der Waals surface area contributed by atoms with E-state index in [1.54, 1.807) is 7.05 Å². The van der Waals surface area contributed by atoms with Gasteiger partial charge in [0.2, 0.25) is 5.71 Å². The van der Waals surface area contributed by atoms with Gasteiger partial charge in [-0.05, 0) is 6.07 Å². The first-order valence-electron chi connectivity index (χ1n) is 5.97. The second-order valence-electron chi connectivity index (χ2n) is 4.77. The van der Waals surface area contributed by atoms with Crippen molar-refractivity contribution in [1.82, 2.24) is 9.55 Å². The number of pyridine rings is 1. The number of aryl methyl sites for hydroxylation is 1. The van der Waals surface area contributed by atoms with Crippen molar-refractivity contribution in [3.63, 3.8) is 0 Å². The van der Waals surface area contributed by atoms with Gasteiger partial charge in [0.25, 0.3) is 5.56 Å². The molecule has 3 rings (SSSR count). The van der Waals surface area contributed by atoms with Crippen LogP contribution in [0.4, 0.5) is 0 Å². The quantitative estimate of drug-likeness (QED) is 0.659. The average Bonchev–Trinajstić information content (AvgIpc) is 2.81. The van der Waals surface area contributed by atoms with Crippen molar-refractivity contribution >= 4 is 22.0 Å². The van der Waals surface area contributed by atoms with Crippen molar-refractivity contribution in [2.75, 3.05) is 0 Å². The topological polar surface area (TPSA) is 48.0 Å². The number of benzene rings is 1. The van der Waals surface area contributed by atoms with Gasteiger partial charge in [0.1, 0.15) is 5.52 Å². The van der Waals surface area contributed by atoms with E-state index in [0.29, 0.717) is 17.0 Å². The minimum atomic E-state index is -0.0513. The molecule has 0 aliphatic carbocycles. The number of hydrogen-bond acceptors (Lipinski definition) is 3. The Labute approximate surface area is 104 Å². The average molecular weight is 242 g/mol. The molecule has 0 N–H and O–H groups in total. The third kappa shape index (κ3) is 1.38. The Kier molecular flexibility index (Phi) is 2.26. The van der Waals surface area contributed by atoms with Gasteiger partial charge in [0.15, 0.2) is 5.89 Å². The van der Waals surface area contributed by atoms with Gasteiger partial charge in [-0.3, -0.25) is 9.36 Å². The highest BCUT2D eigenvalue weighted by atomic mass is 16.4. The molecule has 0 bridgehead atoms. The predicted octanol–water partition coefficient (Wildman–Crippen LogP) is 2.80. The number of hydrogen-bond donors (Lipinski definition) is 0. The first-order chi connectivity index (χ1) is 8.59. The Morgan fingerprint density at radius 3 is 2.56 bits per heavy atom. The Morgan fingerprint density at radius 1 is 1.22 bits per heavy atom. The molecule has 0 radical (unpaired) electrons. The van der Waals surface area contributed by atoms with Gasteiger partial charge in [0, 0.05) is 23.7 Å². The zero-order valence-corrected chi connectivity index (χ0v) is 10.6. The summed E-state index contributed by atoms with van der Waals surface area (Å²) in [6, 6.07) is 7.50. The van der Waals surface area contributed by atoms with E-state index in [1.165, 1.54) is 4.57 Å².